The number of rotatable bonds is 2. The molecule has 0 atom stereocenters. The zero-order valence-corrected chi connectivity index (χ0v) is 10.1. The van der Waals surface area contributed by atoms with Crippen molar-refractivity contribution in [3.8, 4) is 11.3 Å². The number of benzene rings is 1. The number of hydrogen-bond acceptors (Lipinski definition) is 3. The molecule has 0 unspecified atom stereocenters. The molecule has 0 bridgehead atoms. The van der Waals surface area contributed by atoms with Crippen molar-refractivity contribution in [2.45, 2.75) is 12.8 Å². The van der Waals surface area contributed by atoms with E-state index in [0.717, 1.165) is 22.5 Å². The lowest BCUT2D eigenvalue weighted by atomic mass is 9.99. The van der Waals surface area contributed by atoms with E-state index in [1.807, 2.05) is 18.2 Å². The van der Waals surface area contributed by atoms with E-state index in [0.29, 0.717) is 12.8 Å². The molecule has 1 aliphatic rings. The standard InChI is InChI=1S/C13H12N4O2/c14-12(19)13-15-6-10(17-13)8-1-3-9-7(5-8)2-4-11(18)16-9/h1,3,5-6H,2,4H2,(H2,14,19)(H,15,17)(H,16,18). The lowest BCUT2D eigenvalue weighted by Crippen LogP contribution is -2.18. The van der Waals surface area contributed by atoms with E-state index >= 15 is 0 Å². The van der Waals surface area contributed by atoms with Gasteiger partial charge in [0, 0.05) is 12.1 Å². The van der Waals surface area contributed by atoms with Crippen LogP contribution in [-0.4, -0.2) is 21.8 Å². The van der Waals surface area contributed by atoms with E-state index in [4.69, 9.17) is 5.73 Å². The van der Waals surface area contributed by atoms with Crippen LogP contribution in [0.4, 0.5) is 5.69 Å². The zero-order valence-electron chi connectivity index (χ0n) is 10.1. The Bertz CT molecular complexity index is 675. The van der Waals surface area contributed by atoms with Crippen molar-refractivity contribution in [1.29, 1.82) is 0 Å². The predicted molar refractivity (Wildman–Crippen MR) is 69.5 cm³/mol. The molecule has 0 spiro atoms. The van der Waals surface area contributed by atoms with Gasteiger partial charge in [-0.2, -0.15) is 0 Å². The minimum absolute atomic E-state index is 0.0396. The number of aromatic nitrogens is 2. The first-order chi connectivity index (χ1) is 9.13. The van der Waals surface area contributed by atoms with Gasteiger partial charge in [0.2, 0.25) is 5.91 Å². The van der Waals surface area contributed by atoms with Crippen LogP contribution in [0.2, 0.25) is 0 Å². The van der Waals surface area contributed by atoms with Gasteiger partial charge in [-0.05, 0) is 29.7 Å². The molecule has 1 aromatic carbocycles. The van der Waals surface area contributed by atoms with Crippen molar-refractivity contribution >= 4 is 17.5 Å². The van der Waals surface area contributed by atoms with Gasteiger partial charge in [-0.25, -0.2) is 4.98 Å². The number of fused-ring (bicyclic) bond motifs is 1. The smallest absolute Gasteiger partial charge is 0.284 e. The number of aryl methyl sites for hydroxylation is 1. The maximum atomic E-state index is 11.3. The average Bonchev–Trinajstić information content (AvgIpc) is 2.88. The van der Waals surface area contributed by atoms with Crippen molar-refractivity contribution < 1.29 is 9.59 Å². The van der Waals surface area contributed by atoms with E-state index in [2.05, 4.69) is 15.3 Å². The second-order valence-corrected chi connectivity index (χ2v) is 4.43. The molecule has 2 aromatic rings. The van der Waals surface area contributed by atoms with Gasteiger partial charge >= 0.3 is 0 Å². The molecule has 2 amide bonds. The summed E-state index contributed by atoms with van der Waals surface area (Å²) in [5.41, 5.74) is 8.71. The fourth-order valence-corrected chi connectivity index (χ4v) is 2.14. The number of imidazole rings is 1. The van der Waals surface area contributed by atoms with Gasteiger partial charge in [0.15, 0.2) is 5.82 Å². The molecule has 0 radical (unpaired) electrons. The maximum Gasteiger partial charge on any atom is 0.284 e. The molecule has 1 aliphatic heterocycles. The number of carbonyl (C=O) groups is 2. The largest absolute Gasteiger partial charge is 0.363 e. The summed E-state index contributed by atoms with van der Waals surface area (Å²) >= 11 is 0. The topological polar surface area (TPSA) is 101 Å². The average molecular weight is 256 g/mol. The van der Waals surface area contributed by atoms with Crippen molar-refractivity contribution in [3.05, 3.63) is 35.8 Å². The summed E-state index contributed by atoms with van der Waals surface area (Å²) in [6.07, 6.45) is 2.78. The molecule has 1 aromatic heterocycles. The Morgan fingerprint density at radius 2 is 2.16 bits per heavy atom. The number of aromatic amines is 1. The summed E-state index contributed by atoms with van der Waals surface area (Å²) in [7, 11) is 0. The van der Waals surface area contributed by atoms with Gasteiger partial charge in [0.25, 0.3) is 5.91 Å². The minimum Gasteiger partial charge on any atom is -0.363 e. The van der Waals surface area contributed by atoms with Crippen LogP contribution >= 0.6 is 0 Å². The van der Waals surface area contributed by atoms with Crippen LogP contribution in [0, 0.1) is 0 Å². The highest BCUT2D eigenvalue weighted by Crippen LogP contribution is 2.27. The number of primary amides is 1. The summed E-state index contributed by atoms with van der Waals surface area (Å²) < 4.78 is 0. The molecule has 19 heavy (non-hydrogen) atoms. The van der Waals surface area contributed by atoms with Crippen LogP contribution in [-0.2, 0) is 11.2 Å². The number of H-pyrrole nitrogens is 1. The Balaban J connectivity index is 1.97. The molecule has 0 aliphatic carbocycles. The second kappa shape index (κ2) is 4.24. The van der Waals surface area contributed by atoms with Crippen LogP contribution in [0.3, 0.4) is 0 Å². The minimum atomic E-state index is -0.587. The molecule has 0 fully saturated rings. The van der Waals surface area contributed by atoms with Crippen LogP contribution in [0.5, 0.6) is 0 Å². The first-order valence-electron chi connectivity index (χ1n) is 5.91. The second-order valence-electron chi connectivity index (χ2n) is 4.43. The highest BCUT2D eigenvalue weighted by molar-refractivity contribution is 5.94. The first-order valence-corrected chi connectivity index (χ1v) is 5.91. The molecule has 4 N–H and O–H groups in total. The first kappa shape index (κ1) is 11.5. The number of nitrogens with one attached hydrogen (secondary N) is 2. The lowest BCUT2D eigenvalue weighted by molar-refractivity contribution is -0.116. The van der Waals surface area contributed by atoms with E-state index in [1.54, 1.807) is 6.20 Å². The van der Waals surface area contributed by atoms with Gasteiger partial charge in [-0.3, -0.25) is 9.59 Å². The van der Waals surface area contributed by atoms with E-state index in [1.165, 1.54) is 0 Å². The molecular formula is C13H12N4O2. The highest BCUT2D eigenvalue weighted by Gasteiger charge is 2.16. The highest BCUT2D eigenvalue weighted by atomic mass is 16.2. The zero-order chi connectivity index (χ0) is 13.4. The lowest BCUT2D eigenvalue weighted by Gasteiger charge is -2.17. The Hall–Kier alpha value is -2.63. The van der Waals surface area contributed by atoms with Gasteiger partial charge in [-0.1, -0.05) is 6.07 Å². The van der Waals surface area contributed by atoms with E-state index < -0.39 is 5.91 Å². The molecule has 3 rings (SSSR count). The number of carbonyl (C=O) groups excluding carboxylic acids is 2. The van der Waals surface area contributed by atoms with Crippen molar-refractivity contribution in [2.24, 2.45) is 5.73 Å². The quantitative estimate of drug-likeness (QED) is 0.748. The normalized spacial score (nSPS) is 13.8. The van der Waals surface area contributed by atoms with Crippen molar-refractivity contribution in [3.63, 3.8) is 0 Å². The summed E-state index contributed by atoms with van der Waals surface area (Å²) in [6.45, 7) is 0. The number of nitrogens with two attached hydrogens (primary N) is 1. The van der Waals surface area contributed by atoms with Crippen molar-refractivity contribution in [2.75, 3.05) is 5.32 Å². The summed E-state index contributed by atoms with van der Waals surface area (Å²) in [4.78, 5) is 29.1. The van der Waals surface area contributed by atoms with Crippen LogP contribution in [0.25, 0.3) is 11.3 Å². The molecular weight excluding hydrogens is 244 g/mol. The Labute approximate surface area is 109 Å². The van der Waals surface area contributed by atoms with Gasteiger partial charge < -0.3 is 16.0 Å². The number of anilines is 1. The number of nitrogens with zero attached hydrogens (tertiary/aromatic N) is 1. The van der Waals surface area contributed by atoms with Gasteiger partial charge in [-0.15, -0.1) is 0 Å². The molecule has 0 saturated heterocycles. The van der Waals surface area contributed by atoms with Gasteiger partial charge in [0.05, 0.1) is 11.9 Å². The summed E-state index contributed by atoms with van der Waals surface area (Å²) in [5.74, 6) is -0.407. The van der Waals surface area contributed by atoms with Crippen LogP contribution in [0.1, 0.15) is 22.6 Å². The predicted octanol–water partition coefficient (Wildman–Crippen LogP) is 1.06. The Morgan fingerprint density at radius 1 is 1.32 bits per heavy atom. The Kier molecular flexibility index (Phi) is 2.56. The van der Waals surface area contributed by atoms with Crippen LogP contribution in [0.15, 0.2) is 24.4 Å². The molecule has 0 saturated carbocycles. The summed E-state index contributed by atoms with van der Waals surface area (Å²) in [6, 6.07) is 5.70. The monoisotopic (exact) mass is 256 g/mol. The number of amides is 2. The fourth-order valence-electron chi connectivity index (χ4n) is 2.14. The molecule has 96 valence electrons. The number of hydrogen-bond donors (Lipinski definition) is 3. The molecule has 2 heterocycles. The summed E-state index contributed by atoms with van der Waals surface area (Å²) in [5, 5.41) is 2.82. The SMILES string of the molecule is NC(=O)c1ncc(-c2ccc3c(c2)CCC(=O)N3)[nH]1. The third-order valence-corrected chi connectivity index (χ3v) is 3.12. The van der Waals surface area contributed by atoms with E-state index in [-0.39, 0.29) is 11.7 Å². The molecule has 6 heteroatoms. The van der Waals surface area contributed by atoms with Crippen LogP contribution < -0.4 is 11.1 Å². The molecule has 6 nitrogen and oxygen atoms in total. The van der Waals surface area contributed by atoms with E-state index in [9.17, 15) is 9.59 Å². The van der Waals surface area contributed by atoms with Gasteiger partial charge in [0.1, 0.15) is 0 Å². The fraction of sp³-hybridized carbons (Fsp3) is 0.154. The third-order valence-electron chi connectivity index (χ3n) is 3.12. The Morgan fingerprint density at radius 3 is 2.89 bits per heavy atom. The third kappa shape index (κ3) is 2.08. The van der Waals surface area contributed by atoms with Crippen molar-refractivity contribution in [1.82, 2.24) is 9.97 Å². The maximum absolute atomic E-state index is 11.3.